The minimum atomic E-state index is -5.85. The molecule has 3 rings (SSSR count). The first-order chi connectivity index (χ1) is 16.9. The first-order valence-electron chi connectivity index (χ1n) is 10.9. The summed E-state index contributed by atoms with van der Waals surface area (Å²) in [5.41, 5.74) is -0.686. The van der Waals surface area contributed by atoms with Crippen LogP contribution in [0, 0.1) is 5.92 Å². The van der Waals surface area contributed by atoms with Crippen LogP contribution in [0.3, 0.4) is 0 Å². The first kappa shape index (κ1) is 28.7. The second kappa shape index (κ2) is 10.5. The number of aliphatic carboxylic acids is 1. The minimum Gasteiger partial charge on any atom is -0.490 e. The Morgan fingerprint density at radius 2 is 1.51 bits per heavy atom. The summed E-state index contributed by atoms with van der Waals surface area (Å²) >= 11 is 0. The van der Waals surface area contributed by atoms with Gasteiger partial charge in [0, 0.05) is 38.3 Å². The number of carboxylic acids is 1. The van der Waals surface area contributed by atoms with Gasteiger partial charge in [0.25, 0.3) is 6.10 Å². The lowest BCUT2D eigenvalue weighted by molar-refractivity contribution is -0.308. The highest BCUT2D eigenvalue weighted by Crippen LogP contribution is 2.38. The molecule has 1 aromatic carbocycles. The van der Waals surface area contributed by atoms with Crippen LogP contribution in [-0.4, -0.2) is 77.7 Å². The van der Waals surface area contributed by atoms with Gasteiger partial charge in [0.2, 0.25) is 0 Å². The van der Waals surface area contributed by atoms with Gasteiger partial charge < -0.3 is 19.5 Å². The van der Waals surface area contributed by atoms with Gasteiger partial charge in [-0.1, -0.05) is 6.07 Å². The first-order valence-corrected chi connectivity index (χ1v) is 10.9. The molecule has 0 unspecified atom stereocenters. The number of hydrogen-bond acceptors (Lipinski definition) is 5. The van der Waals surface area contributed by atoms with Gasteiger partial charge in [-0.2, -0.15) is 39.5 Å². The second-order valence-corrected chi connectivity index (χ2v) is 8.68. The number of carbonyl (C=O) groups is 2. The molecule has 0 bridgehead atoms. The van der Waals surface area contributed by atoms with Gasteiger partial charge in [-0.3, -0.25) is 9.69 Å². The number of carbonyl (C=O) groups excluding carboxylic acids is 1. The number of ether oxygens (including phenoxy) is 2. The number of alkyl halides is 9. The fourth-order valence-corrected chi connectivity index (χ4v) is 3.84. The number of amides is 1. The molecule has 1 aliphatic carbocycles. The molecule has 2 fully saturated rings. The summed E-state index contributed by atoms with van der Waals surface area (Å²) in [7, 11) is 0. The highest BCUT2D eigenvalue weighted by molar-refractivity contribution is 5.71. The highest BCUT2D eigenvalue weighted by Gasteiger charge is 2.60. The molecule has 1 heterocycles. The third-order valence-corrected chi connectivity index (χ3v) is 5.97. The molecule has 1 amide bonds. The normalized spacial score (nSPS) is 21.5. The van der Waals surface area contributed by atoms with Crippen molar-refractivity contribution in [1.29, 1.82) is 0 Å². The maximum absolute atomic E-state index is 13.2. The molecule has 0 aromatic heterocycles. The summed E-state index contributed by atoms with van der Waals surface area (Å²) in [6.07, 6.45) is -22.8. The van der Waals surface area contributed by atoms with Crippen LogP contribution in [0.5, 0.6) is 5.75 Å². The van der Waals surface area contributed by atoms with Crippen LogP contribution in [0.15, 0.2) is 18.2 Å². The Labute approximate surface area is 203 Å². The topological polar surface area (TPSA) is 79.3 Å². The van der Waals surface area contributed by atoms with Gasteiger partial charge in [-0.25, -0.2) is 4.79 Å². The number of rotatable bonds is 6. The quantitative estimate of drug-likeness (QED) is 0.516. The molecule has 1 aromatic rings. The molecule has 7 nitrogen and oxygen atoms in total. The van der Waals surface area contributed by atoms with Crippen LogP contribution in [0.1, 0.15) is 24.0 Å². The van der Waals surface area contributed by atoms with Crippen LogP contribution < -0.4 is 4.74 Å². The maximum atomic E-state index is 13.2. The van der Waals surface area contributed by atoms with Crippen molar-refractivity contribution < 1.29 is 63.7 Å². The average molecular weight is 552 g/mol. The zero-order valence-electron chi connectivity index (χ0n) is 18.8. The van der Waals surface area contributed by atoms with E-state index in [1.807, 2.05) is 0 Å². The highest BCUT2D eigenvalue weighted by atomic mass is 19.4. The molecule has 1 saturated carbocycles. The van der Waals surface area contributed by atoms with E-state index in [0.717, 1.165) is 12.1 Å². The minimum absolute atomic E-state index is 0.000829. The van der Waals surface area contributed by atoms with Crippen LogP contribution in [-0.2, 0) is 22.3 Å². The van der Waals surface area contributed by atoms with E-state index < -0.39 is 54.3 Å². The molecule has 1 N–H and O–H groups in total. The lowest BCUT2D eigenvalue weighted by atomic mass is 9.82. The summed E-state index contributed by atoms with van der Waals surface area (Å²) in [5, 5.41) is 8.97. The Morgan fingerprint density at radius 1 is 0.946 bits per heavy atom. The van der Waals surface area contributed by atoms with Crippen molar-refractivity contribution >= 4 is 12.1 Å². The Hall–Kier alpha value is -2.91. The predicted molar refractivity (Wildman–Crippen MR) is 105 cm³/mol. The van der Waals surface area contributed by atoms with E-state index in [0.29, 0.717) is 10.5 Å². The monoisotopic (exact) mass is 552 g/mol. The van der Waals surface area contributed by atoms with Gasteiger partial charge in [0.05, 0.1) is 11.5 Å². The van der Waals surface area contributed by atoms with Crippen molar-refractivity contribution in [1.82, 2.24) is 9.80 Å². The molecule has 0 spiro atoms. The summed E-state index contributed by atoms with van der Waals surface area (Å²) in [6.45, 7) is -0.632. The van der Waals surface area contributed by atoms with Crippen LogP contribution >= 0.6 is 0 Å². The number of nitrogens with zero attached hydrogens (tertiary/aromatic N) is 2. The summed E-state index contributed by atoms with van der Waals surface area (Å²) in [4.78, 5) is 25.2. The summed E-state index contributed by atoms with van der Waals surface area (Å²) < 4.78 is 125. The molecular weight excluding hydrogens is 531 g/mol. The largest absolute Gasteiger partial charge is 0.490 e. The van der Waals surface area contributed by atoms with Crippen LogP contribution in [0.2, 0.25) is 0 Å². The summed E-state index contributed by atoms with van der Waals surface area (Å²) in [6, 6.07) is 2.78. The average Bonchev–Trinajstić information content (AvgIpc) is 2.72. The molecule has 0 atom stereocenters. The SMILES string of the molecule is O=C(OC(C(F)(F)F)C(F)(F)F)N1CCN(Cc2ccc(C(F)(F)F)cc2O[C@H]2C[C@@H](C(=O)O)C2)CC1. The Kier molecular flexibility index (Phi) is 8.10. The fraction of sp³-hybridized carbons (Fsp3) is 0.619. The molecule has 1 saturated heterocycles. The second-order valence-electron chi connectivity index (χ2n) is 8.68. The Bertz CT molecular complexity index is 968. The molecule has 2 aliphatic rings. The molecule has 208 valence electrons. The van der Waals surface area contributed by atoms with E-state index in [-0.39, 0.29) is 51.3 Å². The Balaban J connectivity index is 1.63. The van der Waals surface area contributed by atoms with E-state index >= 15 is 0 Å². The summed E-state index contributed by atoms with van der Waals surface area (Å²) in [5.74, 6) is -1.83. The number of piperazine rings is 1. The van der Waals surface area contributed by atoms with E-state index in [1.54, 1.807) is 4.90 Å². The maximum Gasteiger partial charge on any atom is 0.434 e. The molecule has 37 heavy (non-hydrogen) atoms. The molecule has 0 radical (unpaired) electrons. The van der Waals surface area contributed by atoms with E-state index in [2.05, 4.69) is 4.74 Å². The predicted octanol–water partition coefficient (Wildman–Crippen LogP) is 4.69. The van der Waals surface area contributed by atoms with E-state index in [1.165, 1.54) is 6.07 Å². The lowest BCUT2D eigenvalue weighted by Gasteiger charge is -2.36. The van der Waals surface area contributed by atoms with Gasteiger partial charge in [-0.05, 0) is 25.0 Å². The van der Waals surface area contributed by atoms with E-state index in [4.69, 9.17) is 9.84 Å². The lowest BCUT2D eigenvalue weighted by Crippen LogP contribution is -2.52. The standard InChI is InChI=1S/C21H21F9N2O5/c22-19(23,24)13-2-1-11(15(9-13)36-14-7-12(8-14)16(33)34)10-31-3-5-32(6-4-31)18(35)37-17(20(25,26)27)21(28,29)30/h1-2,9,12,14,17H,3-8,10H2,(H,33,34)/t12-,14+. The van der Waals surface area contributed by atoms with Crippen molar-refractivity contribution in [3.8, 4) is 5.75 Å². The van der Waals surface area contributed by atoms with E-state index in [9.17, 15) is 49.1 Å². The van der Waals surface area contributed by atoms with Crippen molar-refractivity contribution in [3.05, 3.63) is 29.3 Å². The third-order valence-electron chi connectivity index (χ3n) is 5.97. The van der Waals surface area contributed by atoms with Crippen molar-refractivity contribution in [3.63, 3.8) is 0 Å². The fourth-order valence-electron chi connectivity index (χ4n) is 3.84. The van der Waals surface area contributed by atoms with Crippen molar-refractivity contribution in [2.75, 3.05) is 26.2 Å². The number of hydrogen-bond donors (Lipinski definition) is 1. The van der Waals surface area contributed by atoms with Gasteiger partial charge >= 0.3 is 30.6 Å². The van der Waals surface area contributed by atoms with Gasteiger partial charge in [0.15, 0.2) is 0 Å². The number of benzene rings is 1. The Morgan fingerprint density at radius 3 is 2.00 bits per heavy atom. The van der Waals surface area contributed by atoms with Crippen molar-refractivity contribution in [2.45, 2.75) is 50.1 Å². The molecular formula is C21H21F9N2O5. The third kappa shape index (κ3) is 7.32. The van der Waals surface area contributed by atoms with Crippen molar-refractivity contribution in [2.24, 2.45) is 5.92 Å². The van der Waals surface area contributed by atoms with Crippen LogP contribution in [0.4, 0.5) is 44.3 Å². The van der Waals surface area contributed by atoms with Gasteiger partial charge in [-0.15, -0.1) is 0 Å². The van der Waals surface area contributed by atoms with Gasteiger partial charge in [0.1, 0.15) is 11.9 Å². The number of halogens is 9. The van der Waals surface area contributed by atoms with Crippen LogP contribution in [0.25, 0.3) is 0 Å². The molecule has 16 heteroatoms. The zero-order chi connectivity index (χ0) is 27.8. The zero-order valence-corrected chi connectivity index (χ0v) is 18.8. The molecule has 1 aliphatic heterocycles. The number of carboxylic acid groups (broad SMARTS) is 1. The smallest absolute Gasteiger partial charge is 0.434 e.